The number of rotatable bonds is 5. The molecule has 138 valence electrons. The van der Waals surface area contributed by atoms with Gasteiger partial charge in [0.05, 0.1) is 10.6 Å². The lowest BCUT2D eigenvalue weighted by Crippen LogP contribution is -2.17. The van der Waals surface area contributed by atoms with Crippen LogP contribution in [0.15, 0.2) is 59.5 Å². The summed E-state index contributed by atoms with van der Waals surface area (Å²) in [7, 11) is -3.47. The molecule has 3 aromatic rings. The lowest BCUT2D eigenvalue weighted by atomic mass is 10.0. The zero-order valence-corrected chi connectivity index (χ0v) is 16.0. The Hall–Kier alpha value is -2.66. The molecule has 0 heterocycles. The summed E-state index contributed by atoms with van der Waals surface area (Å²) >= 11 is 0. The first-order valence-corrected chi connectivity index (χ1v) is 10.7. The Kier molecular flexibility index (Phi) is 4.48. The number of carbonyl (C=O) groups excluding carboxylic acids is 1. The summed E-state index contributed by atoms with van der Waals surface area (Å²) in [5.41, 5.74) is 4.36. The van der Waals surface area contributed by atoms with Crippen molar-refractivity contribution < 1.29 is 13.2 Å². The lowest BCUT2D eigenvalue weighted by Gasteiger charge is -2.11. The second kappa shape index (κ2) is 6.82. The van der Waals surface area contributed by atoms with Crippen molar-refractivity contribution in [3.05, 3.63) is 71.3 Å². The third kappa shape index (κ3) is 3.47. The molecule has 0 fully saturated rings. The molecule has 3 aromatic carbocycles. The highest BCUT2D eigenvalue weighted by Crippen LogP contribution is 2.35. The first-order valence-electron chi connectivity index (χ1n) is 9.07. The largest absolute Gasteiger partial charge is 0.325 e. The molecule has 0 radical (unpaired) electrons. The molecular formula is C22H21NO3S. The van der Waals surface area contributed by atoms with Crippen molar-refractivity contribution in [2.75, 3.05) is 11.1 Å². The summed E-state index contributed by atoms with van der Waals surface area (Å²) in [5, 5.41) is 5.15. The first kappa shape index (κ1) is 17.7. The van der Waals surface area contributed by atoms with Gasteiger partial charge in [-0.25, -0.2) is 8.42 Å². The van der Waals surface area contributed by atoms with Crippen molar-refractivity contribution >= 4 is 32.2 Å². The molecule has 0 aliphatic heterocycles. The van der Waals surface area contributed by atoms with E-state index < -0.39 is 9.84 Å². The molecule has 4 nitrogen and oxygen atoms in total. The Morgan fingerprint density at radius 2 is 1.67 bits per heavy atom. The predicted molar refractivity (Wildman–Crippen MR) is 108 cm³/mol. The third-order valence-electron chi connectivity index (χ3n) is 5.13. The van der Waals surface area contributed by atoms with Crippen LogP contribution in [0.4, 0.5) is 5.69 Å². The van der Waals surface area contributed by atoms with Crippen LogP contribution < -0.4 is 5.32 Å². The number of sulfone groups is 1. The molecule has 4 rings (SSSR count). The van der Waals surface area contributed by atoms with Crippen LogP contribution in [0.25, 0.3) is 10.8 Å². The number of carbonyl (C=O) groups is 1. The van der Waals surface area contributed by atoms with Crippen LogP contribution >= 0.6 is 0 Å². The van der Waals surface area contributed by atoms with Crippen LogP contribution in [0.3, 0.4) is 0 Å². The van der Waals surface area contributed by atoms with E-state index in [9.17, 15) is 13.2 Å². The molecule has 0 saturated heterocycles. The number of aryl methyl sites for hydroxylation is 3. The summed E-state index contributed by atoms with van der Waals surface area (Å²) in [6.45, 7) is 1.90. The van der Waals surface area contributed by atoms with Crippen LogP contribution in [-0.4, -0.2) is 20.1 Å². The molecule has 0 spiro atoms. The van der Waals surface area contributed by atoms with Crippen molar-refractivity contribution in [1.82, 2.24) is 0 Å². The van der Waals surface area contributed by atoms with Crippen molar-refractivity contribution in [1.29, 1.82) is 0 Å². The lowest BCUT2D eigenvalue weighted by molar-refractivity contribution is -0.115. The van der Waals surface area contributed by atoms with Crippen molar-refractivity contribution in [3.8, 4) is 0 Å². The van der Waals surface area contributed by atoms with E-state index in [2.05, 4.69) is 17.4 Å². The summed E-state index contributed by atoms with van der Waals surface area (Å²) < 4.78 is 24.9. The van der Waals surface area contributed by atoms with Gasteiger partial charge in [0, 0.05) is 17.5 Å². The molecule has 0 bridgehead atoms. The van der Waals surface area contributed by atoms with Crippen LogP contribution in [-0.2, 0) is 27.5 Å². The molecule has 0 saturated carbocycles. The summed E-state index contributed by atoms with van der Waals surface area (Å²) in [4.78, 5) is 12.7. The summed E-state index contributed by atoms with van der Waals surface area (Å²) in [5.74, 6) is -0.493. The molecule has 27 heavy (non-hydrogen) atoms. The number of hydrogen-bond donors (Lipinski definition) is 1. The Balaban J connectivity index is 1.49. The second-order valence-electron chi connectivity index (χ2n) is 7.04. The van der Waals surface area contributed by atoms with E-state index in [0.717, 1.165) is 29.5 Å². The van der Waals surface area contributed by atoms with Gasteiger partial charge in [0.1, 0.15) is 0 Å². The van der Waals surface area contributed by atoms with E-state index in [-0.39, 0.29) is 23.0 Å². The van der Waals surface area contributed by atoms with Gasteiger partial charge in [-0.3, -0.25) is 4.79 Å². The topological polar surface area (TPSA) is 63.2 Å². The quantitative estimate of drug-likeness (QED) is 0.727. The zero-order valence-electron chi connectivity index (χ0n) is 15.2. The van der Waals surface area contributed by atoms with E-state index in [0.29, 0.717) is 0 Å². The van der Waals surface area contributed by atoms with Gasteiger partial charge < -0.3 is 5.32 Å². The van der Waals surface area contributed by atoms with Crippen LogP contribution in [0.5, 0.6) is 0 Å². The monoisotopic (exact) mass is 379 g/mol. The number of hydrogen-bond acceptors (Lipinski definition) is 3. The maximum Gasteiger partial charge on any atom is 0.225 e. The molecule has 0 aromatic heterocycles. The zero-order chi connectivity index (χ0) is 19.0. The second-order valence-corrected chi connectivity index (χ2v) is 9.15. The highest BCUT2D eigenvalue weighted by Gasteiger charge is 2.19. The molecule has 5 heteroatoms. The SMILES string of the molecule is Cc1ccc(S(=O)(=O)CCC(=O)Nc2ccc3c4c(cccc24)CC3)cc1. The van der Waals surface area contributed by atoms with Crippen molar-refractivity contribution in [2.24, 2.45) is 0 Å². The van der Waals surface area contributed by atoms with E-state index in [1.165, 1.54) is 16.5 Å². The van der Waals surface area contributed by atoms with Gasteiger partial charge in [0.15, 0.2) is 9.84 Å². The normalized spacial score (nSPS) is 13.1. The molecule has 1 amide bonds. The van der Waals surface area contributed by atoms with Gasteiger partial charge in [-0.1, -0.05) is 42.0 Å². The van der Waals surface area contributed by atoms with Gasteiger partial charge in [-0.15, -0.1) is 0 Å². The molecule has 0 atom stereocenters. The Labute approximate surface area is 159 Å². The number of anilines is 1. The summed E-state index contributed by atoms with van der Waals surface area (Å²) in [6, 6.07) is 16.8. The average molecular weight is 379 g/mol. The van der Waals surface area contributed by atoms with Gasteiger partial charge in [-0.2, -0.15) is 0 Å². The van der Waals surface area contributed by atoms with Crippen molar-refractivity contribution in [3.63, 3.8) is 0 Å². The van der Waals surface area contributed by atoms with E-state index in [1.54, 1.807) is 24.3 Å². The minimum atomic E-state index is -3.47. The van der Waals surface area contributed by atoms with Crippen LogP contribution in [0.1, 0.15) is 23.1 Å². The average Bonchev–Trinajstić information content (AvgIpc) is 3.08. The maximum atomic E-state index is 12.4. The fourth-order valence-corrected chi connectivity index (χ4v) is 4.90. The fraction of sp³-hybridized carbons (Fsp3) is 0.227. The van der Waals surface area contributed by atoms with Gasteiger partial charge in [0.2, 0.25) is 5.91 Å². The first-order chi connectivity index (χ1) is 12.9. The molecule has 0 unspecified atom stereocenters. The van der Waals surface area contributed by atoms with Gasteiger partial charge in [0.25, 0.3) is 0 Å². The minimum absolute atomic E-state index is 0.0703. The van der Waals surface area contributed by atoms with Crippen molar-refractivity contribution in [2.45, 2.75) is 31.1 Å². The van der Waals surface area contributed by atoms with Gasteiger partial charge in [-0.05, 0) is 54.5 Å². The predicted octanol–water partition coefficient (Wildman–Crippen LogP) is 4.05. The number of amides is 1. The number of benzene rings is 3. The standard InChI is InChI=1S/C22H21NO3S/c1-15-5-10-18(11-6-15)27(25,26)14-13-21(24)23-20-12-9-17-8-7-16-3-2-4-19(20)22(16)17/h2-6,9-12H,7-8,13-14H2,1H3,(H,23,24). The van der Waals surface area contributed by atoms with E-state index in [4.69, 9.17) is 0 Å². The molecule has 1 aliphatic carbocycles. The molecule has 1 aliphatic rings. The Morgan fingerprint density at radius 3 is 2.41 bits per heavy atom. The highest BCUT2D eigenvalue weighted by molar-refractivity contribution is 7.91. The minimum Gasteiger partial charge on any atom is -0.325 e. The smallest absolute Gasteiger partial charge is 0.225 e. The maximum absolute atomic E-state index is 12.4. The van der Waals surface area contributed by atoms with Crippen LogP contribution in [0, 0.1) is 6.92 Å². The Morgan fingerprint density at radius 1 is 0.963 bits per heavy atom. The Bertz CT molecular complexity index is 1120. The highest BCUT2D eigenvalue weighted by atomic mass is 32.2. The number of nitrogens with one attached hydrogen (secondary N) is 1. The van der Waals surface area contributed by atoms with E-state index >= 15 is 0 Å². The van der Waals surface area contributed by atoms with Crippen LogP contribution in [0.2, 0.25) is 0 Å². The summed E-state index contributed by atoms with van der Waals surface area (Å²) in [6.07, 6.45) is 1.98. The third-order valence-corrected chi connectivity index (χ3v) is 6.86. The molecule has 1 N–H and O–H groups in total. The fourth-order valence-electron chi connectivity index (χ4n) is 3.66. The van der Waals surface area contributed by atoms with Gasteiger partial charge >= 0.3 is 0 Å². The molecular weight excluding hydrogens is 358 g/mol. The van der Waals surface area contributed by atoms with E-state index in [1.807, 2.05) is 25.1 Å².